The highest BCUT2D eigenvalue weighted by Gasteiger charge is 1.24. The van der Waals surface area contributed by atoms with Crippen molar-refractivity contribution in [1.82, 2.24) is 0 Å². The van der Waals surface area contributed by atoms with E-state index in [0.29, 0.717) is 0 Å². The van der Waals surface area contributed by atoms with Crippen LogP contribution in [0.25, 0.3) is 5.53 Å². The van der Waals surface area contributed by atoms with E-state index in [9.17, 15) is 0 Å². The number of hydrogen-bond acceptors (Lipinski definition) is 1. The Morgan fingerprint density at radius 2 is 2.20 bits per heavy atom. The molecule has 0 rings (SSSR count). The fourth-order valence-corrected chi connectivity index (χ4v) is 0.0231. The van der Waals surface area contributed by atoms with Gasteiger partial charge < -0.3 is 11.4 Å². The van der Waals surface area contributed by atoms with Crippen molar-refractivity contribution in [2.45, 2.75) is 0 Å². The van der Waals surface area contributed by atoms with Gasteiger partial charge in [0.15, 0.2) is 0 Å². The highest BCUT2D eigenvalue weighted by Crippen LogP contribution is 1.61. The zero-order chi connectivity index (χ0) is 4.12. The van der Waals surface area contributed by atoms with Crippen LogP contribution in [0.3, 0.4) is 0 Å². The summed E-state index contributed by atoms with van der Waals surface area (Å²) in [7, 11) is 0. The third-order valence-corrected chi connectivity index (χ3v) is 0.0916. The van der Waals surface area contributed by atoms with Gasteiger partial charge in [-0.2, -0.15) is 5.22 Å². The summed E-state index contributed by atoms with van der Waals surface area (Å²) in [5.41, 5.74) is 7.35. The number of rotatable bonds is 1. The second kappa shape index (κ2) is 3.00. The van der Waals surface area contributed by atoms with E-state index in [1.807, 2.05) is 0 Å². The number of nitrogens with zero attached hydrogens (tertiary/aromatic N) is 4. The molecule has 0 aromatic rings. The summed E-state index contributed by atoms with van der Waals surface area (Å²) in [6, 6.07) is 0. The molecule has 0 unspecified atom stereocenters. The van der Waals surface area contributed by atoms with Crippen LogP contribution < -0.4 is 5.84 Å². The Morgan fingerprint density at radius 1 is 1.60 bits per heavy atom. The van der Waals surface area contributed by atoms with Gasteiger partial charge in [0.25, 0.3) is 0 Å². The zero-order valence-corrected chi connectivity index (χ0v) is 2.37. The summed E-state index contributed by atoms with van der Waals surface area (Å²) in [6.07, 6.45) is 0. The highest BCUT2D eigenvalue weighted by molar-refractivity contribution is 4.04. The summed E-state index contributed by atoms with van der Waals surface area (Å²) in [4.78, 5) is 0. The van der Waals surface area contributed by atoms with E-state index in [-0.39, 0.29) is 0 Å². The Labute approximate surface area is 28.3 Å². The van der Waals surface area contributed by atoms with Crippen molar-refractivity contribution >= 4 is 0 Å². The van der Waals surface area contributed by atoms with Gasteiger partial charge in [-0.1, -0.05) is 0 Å². The number of hydrogen-bond donors (Lipinski definition) is 1. The molecule has 0 aliphatic rings. The monoisotopic (exact) mass is 72.0 g/mol. The minimum Gasteiger partial charge on any atom is -0.360 e. The van der Waals surface area contributed by atoms with Crippen LogP contribution in [0.5, 0.6) is 0 Å². The molecule has 0 bridgehead atoms. The lowest BCUT2D eigenvalue weighted by Crippen LogP contribution is -1.69. The molecule has 0 radical (unpaired) electrons. The third kappa shape index (κ3) is 3.00. The van der Waals surface area contributed by atoms with Crippen molar-refractivity contribution in [3.63, 3.8) is 0 Å². The molecular formula is H2N5-. The normalized spacial score (nSPS) is 8.80. The Morgan fingerprint density at radius 3 is 2.20 bits per heavy atom. The standard InChI is InChI=1S/H2N5/c1-3-5-4-2/h(H2-,1,2,5)/q-1. The molecule has 28 valence electrons. The van der Waals surface area contributed by atoms with Crippen LogP contribution in [0.4, 0.5) is 0 Å². The second-order valence-electron chi connectivity index (χ2n) is 0.294. The first-order valence-corrected chi connectivity index (χ1v) is 0.858. The smallest absolute Gasteiger partial charge is 0.174 e. The van der Waals surface area contributed by atoms with Gasteiger partial charge in [-0.05, 0) is 0 Å². The van der Waals surface area contributed by atoms with Gasteiger partial charge in [-0.15, -0.1) is 0 Å². The number of nitrogens with two attached hydrogens (primary N) is 1. The molecular weight excluding hydrogens is 70.0 g/mol. The lowest BCUT2D eigenvalue weighted by Gasteiger charge is -1.73. The third-order valence-electron chi connectivity index (χ3n) is 0.0916. The van der Waals surface area contributed by atoms with E-state index in [0.717, 1.165) is 0 Å². The SMILES string of the molecule is [N-]=N/N=N/N. The van der Waals surface area contributed by atoms with Crippen LogP contribution in [0.15, 0.2) is 15.7 Å². The Hall–Kier alpha value is -1.00. The van der Waals surface area contributed by atoms with Gasteiger partial charge in [0.1, 0.15) is 0 Å². The largest absolute Gasteiger partial charge is 0.360 e. The Balaban J connectivity index is 2.92. The molecule has 0 saturated heterocycles. The summed E-state index contributed by atoms with van der Waals surface area (Å²) in [5, 5.41) is 7.31. The molecule has 0 aromatic carbocycles. The van der Waals surface area contributed by atoms with Gasteiger partial charge in [0, 0.05) is 0 Å². The van der Waals surface area contributed by atoms with Crippen molar-refractivity contribution in [1.29, 1.82) is 0 Å². The maximum absolute atomic E-state index is 7.35. The molecule has 0 aromatic heterocycles. The second-order valence-corrected chi connectivity index (χ2v) is 0.294. The van der Waals surface area contributed by atoms with Crippen molar-refractivity contribution < 1.29 is 0 Å². The minimum absolute atomic E-state index is 2.19. The lowest BCUT2D eigenvalue weighted by atomic mass is 12.5. The molecule has 0 atom stereocenters. The molecule has 0 heterocycles. The fraction of sp³-hybridized carbons (Fsp3) is 0. The van der Waals surface area contributed by atoms with Crippen LogP contribution in [0, 0.1) is 0 Å². The minimum atomic E-state index is 2.19. The molecule has 0 saturated carbocycles. The van der Waals surface area contributed by atoms with Crippen LogP contribution in [-0.4, -0.2) is 0 Å². The molecule has 0 spiro atoms. The first-order valence-electron chi connectivity index (χ1n) is 0.858. The highest BCUT2D eigenvalue weighted by atomic mass is 15.5. The molecule has 0 fully saturated rings. The average Bonchev–Trinajstić information content (AvgIpc) is 1.41. The van der Waals surface area contributed by atoms with E-state index >= 15 is 0 Å². The van der Waals surface area contributed by atoms with Crippen LogP contribution in [0.2, 0.25) is 0 Å². The molecule has 5 nitrogen and oxygen atoms in total. The van der Waals surface area contributed by atoms with E-state index in [1.165, 1.54) is 0 Å². The lowest BCUT2D eigenvalue weighted by molar-refractivity contribution is 0.948. The molecule has 0 amide bonds. The zero-order valence-electron chi connectivity index (χ0n) is 2.37. The maximum atomic E-state index is 7.35. The van der Waals surface area contributed by atoms with Gasteiger partial charge >= 0.3 is 0 Å². The predicted molar refractivity (Wildman–Crippen MR) is 14.8 cm³/mol. The topological polar surface area (TPSA) is 85.4 Å². The van der Waals surface area contributed by atoms with E-state index in [2.05, 4.69) is 21.5 Å². The van der Waals surface area contributed by atoms with Gasteiger partial charge in [-0.3, -0.25) is 5.22 Å². The van der Waals surface area contributed by atoms with E-state index < -0.39 is 0 Å². The van der Waals surface area contributed by atoms with Gasteiger partial charge in [0.05, 0.1) is 0 Å². The maximum Gasteiger partial charge on any atom is -0.174 e. The summed E-state index contributed by atoms with van der Waals surface area (Å²) in [5.74, 6) is 4.34. The first kappa shape index (κ1) is 4.00. The van der Waals surface area contributed by atoms with E-state index in [1.54, 1.807) is 0 Å². The Bertz CT molecular complexity index is 42.0. The van der Waals surface area contributed by atoms with Crippen LogP contribution in [-0.2, 0) is 0 Å². The van der Waals surface area contributed by atoms with Crippen molar-refractivity contribution in [2.75, 3.05) is 0 Å². The molecule has 5 heavy (non-hydrogen) atoms. The summed E-state index contributed by atoms with van der Waals surface area (Å²) >= 11 is 0. The molecule has 0 aliphatic carbocycles. The van der Waals surface area contributed by atoms with Gasteiger partial charge in [0.2, 0.25) is 0 Å². The molecule has 2 N–H and O–H groups in total. The molecule has 5 heteroatoms. The van der Waals surface area contributed by atoms with Crippen molar-refractivity contribution in [3.8, 4) is 0 Å². The quantitative estimate of drug-likeness (QED) is 0.268. The average molecular weight is 72.1 g/mol. The summed E-state index contributed by atoms with van der Waals surface area (Å²) < 4.78 is 0. The first-order chi connectivity index (χ1) is 2.41. The molecule has 0 aliphatic heterocycles. The van der Waals surface area contributed by atoms with Crippen LogP contribution in [0.1, 0.15) is 0 Å². The van der Waals surface area contributed by atoms with Crippen molar-refractivity contribution in [2.24, 2.45) is 21.5 Å². The van der Waals surface area contributed by atoms with E-state index in [4.69, 9.17) is 5.53 Å². The van der Waals surface area contributed by atoms with Crippen molar-refractivity contribution in [3.05, 3.63) is 5.53 Å². The Kier molecular flexibility index (Phi) is 2.40. The van der Waals surface area contributed by atoms with Crippen LogP contribution >= 0.6 is 0 Å². The fourth-order valence-electron chi connectivity index (χ4n) is 0.0231. The van der Waals surface area contributed by atoms with Gasteiger partial charge in [-0.25, -0.2) is 5.22 Å². The predicted octanol–water partition coefficient (Wildman–Crippen LogP) is 0.249. The summed E-state index contributed by atoms with van der Waals surface area (Å²) in [6.45, 7) is 0.